The summed E-state index contributed by atoms with van der Waals surface area (Å²) in [4.78, 5) is 49.5. The van der Waals surface area contributed by atoms with E-state index in [1.165, 1.54) is 4.90 Å². The molecule has 3 aromatic rings. The molecule has 2 aliphatic heterocycles. The maximum absolute atomic E-state index is 13.7. The number of aromatic nitrogens is 2. The molecule has 2 aromatic carbocycles. The molecule has 1 fully saturated rings. The molecule has 0 radical (unpaired) electrons. The predicted molar refractivity (Wildman–Crippen MR) is 149 cm³/mol. The third-order valence-corrected chi connectivity index (χ3v) is 7.01. The number of carboxylic acid groups (broad SMARTS) is 1. The van der Waals surface area contributed by atoms with E-state index in [2.05, 4.69) is 5.32 Å². The van der Waals surface area contributed by atoms with Crippen LogP contribution in [-0.2, 0) is 14.3 Å². The van der Waals surface area contributed by atoms with Gasteiger partial charge < -0.3 is 24.8 Å². The van der Waals surface area contributed by atoms with E-state index in [1.54, 1.807) is 20.8 Å². The van der Waals surface area contributed by atoms with Crippen molar-refractivity contribution < 1.29 is 29.0 Å². The lowest BCUT2D eigenvalue weighted by molar-refractivity contribution is -0.150. The molecular formula is C30H32N4O6. The largest absolute Gasteiger partial charge is 0.480 e. The fourth-order valence-corrected chi connectivity index (χ4v) is 4.98. The maximum Gasteiger partial charge on any atom is 0.407 e. The average molecular weight is 545 g/mol. The number of amides is 2. The van der Waals surface area contributed by atoms with E-state index < -0.39 is 41.6 Å². The summed E-state index contributed by atoms with van der Waals surface area (Å²) in [6, 6.07) is 13.0. The van der Waals surface area contributed by atoms with Crippen LogP contribution in [0, 0.1) is 5.41 Å². The monoisotopic (exact) mass is 544 g/mol. The second kappa shape index (κ2) is 11.0. The maximum atomic E-state index is 13.7. The molecular weight excluding hydrogens is 512 g/mol. The molecule has 0 saturated carbocycles. The zero-order chi connectivity index (χ0) is 28.4. The summed E-state index contributed by atoms with van der Waals surface area (Å²) >= 11 is 0. The number of hydrogen-bond acceptors (Lipinski definition) is 7. The van der Waals surface area contributed by atoms with Gasteiger partial charge in [0.1, 0.15) is 23.9 Å². The van der Waals surface area contributed by atoms with Gasteiger partial charge in [-0.1, -0.05) is 63.3 Å². The van der Waals surface area contributed by atoms with Crippen LogP contribution in [0.15, 0.2) is 54.6 Å². The van der Waals surface area contributed by atoms with Crippen molar-refractivity contribution >= 4 is 35.1 Å². The highest BCUT2D eigenvalue weighted by Gasteiger charge is 2.46. The third kappa shape index (κ3) is 5.75. The summed E-state index contributed by atoms with van der Waals surface area (Å²) in [7, 11) is 0. The molecule has 40 heavy (non-hydrogen) atoms. The Morgan fingerprint density at radius 3 is 2.55 bits per heavy atom. The number of ether oxygens (including phenoxy) is 2. The molecule has 1 saturated heterocycles. The minimum absolute atomic E-state index is 0.00975. The highest BCUT2D eigenvalue weighted by Crippen LogP contribution is 2.33. The Balaban J connectivity index is 1.59. The average Bonchev–Trinajstić information content (AvgIpc) is 3.34. The third-order valence-electron chi connectivity index (χ3n) is 7.01. The standard InChI is InChI=1S/C30H32N4O6/c1-30(2,3)25-27(35)34-17-20(16-23(34)28(36)37)40-26-24(31-21-12-4-5-13-22(21)32-26)19-11-8-10-18(15-19)9-6-7-14-39-29(38)33-25/h4-6,8-13,15,20,23,25H,7,14,16-17H2,1-3H3,(H,33,38)(H,36,37)/b9-6+/t20-,23+,25-/m1/s1. The van der Waals surface area contributed by atoms with Gasteiger partial charge in [0.05, 0.1) is 24.2 Å². The molecule has 3 heterocycles. The lowest BCUT2D eigenvalue weighted by Gasteiger charge is -2.34. The van der Waals surface area contributed by atoms with Crippen molar-refractivity contribution in [3.8, 4) is 17.1 Å². The van der Waals surface area contributed by atoms with Crippen molar-refractivity contribution in [2.45, 2.75) is 51.8 Å². The summed E-state index contributed by atoms with van der Waals surface area (Å²) in [5.74, 6) is -1.40. The first kappa shape index (κ1) is 27.1. The van der Waals surface area contributed by atoms with Crippen molar-refractivity contribution in [1.82, 2.24) is 20.2 Å². The lowest BCUT2D eigenvalue weighted by atomic mass is 9.85. The molecule has 208 valence electrons. The Morgan fingerprint density at radius 2 is 1.82 bits per heavy atom. The number of carbonyl (C=O) groups excluding carboxylic acids is 2. The highest BCUT2D eigenvalue weighted by molar-refractivity contribution is 5.90. The molecule has 10 nitrogen and oxygen atoms in total. The Kier molecular flexibility index (Phi) is 7.42. The molecule has 3 atom stereocenters. The van der Waals surface area contributed by atoms with Gasteiger partial charge in [0.25, 0.3) is 0 Å². The van der Waals surface area contributed by atoms with Gasteiger partial charge >= 0.3 is 12.1 Å². The number of aliphatic carboxylic acids is 1. The highest BCUT2D eigenvalue weighted by atomic mass is 16.5. The minimum atomic E-state index is -1.15. The summed E-state index contributed by atoms with van der Waals surface area (Å²) in [6.45, 7) is 5.53. The van der Waals surface area contributed by atoms with Crippen molar-refractivity contribution in [1.29, 1.82) is 0 Å². The zero-order valence-corrected chi connectivity index (χ0v) is 22.7. The predicted octanol–water partition coefficient (Wildman–Crippen LogP) is 4.29. The van der Waals surface area contributed by atoms with Crippen molar-refractivity contribution in [2.75, 3.05) is 13.2 Å². The smallest absolute Gasteiger partial charge is 0.407 e. The van der Waals surface area contributed by atoms with Crippen LogP contribution in [0.25, 0.3) is 28.4 Å². The molecule has 4 bridgehead atoms. The van der Waals surface area contributed by atoms with Gasteiger partial charge in [-0.15, -0.1) is 0 Å². The van der Waals surface area contributed by atoms with Crippen LogP contribution >= 0.6 is 0 Å². The van der Waals surface area contributed by atoms with Gasteiger partial charge in [-0.05, 0) is 35.6 Å². The number of benzene rings is 2. The normalized spacial score (nSPS) is 22.8. The summed E-state index contributed by atoms with van der Waals surface area (Å²) in [6.07, 6.45) is 2.95. The number of nitrogens with zero attached hydrogens (tertiary/aromatic N) is 3. The van der Waals surface area contributed by atoms with Gasteiger partial charge in [0, 0.05) is 12.0 Å². The number of carbonyl (C=O) groups is 3. The summed E-state index contributed by atoms with van der Waals surface area (Å²) in [5.41, 5.74) is 2.84. The number of para-hydroxylation sites is 2. The zero-order valence-electron chi connectivity index (χ0n) is 22.7. The van der Waals surface area contributed by atoms with E-state index in [4.69, 9.17) is 19.4 Å². The minimum Gasteiger partial charge on any atom is -0.480 e. The lowest BCUT2D eigenvalue weighted by Crippen LogP contribution is -2.57. The SMILES string of the molecule is CC(C)(C)[C@@H]1NC(=O)OCC/C=C/c2cccc(c2)-c2nc3ccccc3nc2O[C@@H]2C[C@@H](C(=O)O)N(C2)C1=O. The fraction of sp³-hybridized carbons (Fsp3) is 0.367. The molecule has 2 amide bonds. The van der Waals surface area contributed by atoms with E-state index in [9.17, 15) is 19.5 Å². The van der Waals surface area contributed by atoms with Crippen molar-refractivity contribution in [3.05, 3.63) is 60.2 Å². The Bertz CT molecular complexity index is 1480. The first-order chi connectivity index (χ1) is 19.1. The second-order valence-electron chi connectivity index (χ2n) is 11.1. The van der Waals surface area contributed by atoms with Crippen LogP contribution in [0.2, 0.25) is 0 Å². The van der Waals surface area contributed by atoms with Crippen LogP contribution in [-0.4, -0.2) is 69.3 Å². The van der Waals surface area contributed by atoms with Crippen LogP contribution in [0.4, 0.5) is 4.79 Å². The van der Waals surface area contributed by atoms with Crippen LogP contribution in [0.3, 0.4) is 0 Å². The first-order valence-electron chi connectivity index (χ1n) is 13.3. The quantitative estimate of drug-likeness (QED) is 0.464. The van der Waals surface area contributed by atoms with Gasteiger partial charge in [-0.3, -0.25) is 4.79 Å². The number of hydrogen-bond donors (Lipinski definition) is 2. The Morgan fingerprint density at radius 1 is 1.07 bits per heavy atom. The number of cyclic esters (lactones) is 1. The van der Waals surface area contributed by atoms with E-state index in [0.29, 0.717) is 23.1 Å². The number of alkyl carbamates (subject to hydrolysis) is 1. The van der Waals surface area contributed by atoms with Gasteiger partial charge in [0.15, 0.2) is 0 Å². The molecule has 5 rings (SSSR count). The summed E-state index contributed by atoms with van der Waals surface area (Å²) < 4.78 is 11.7. The summed E-state index contributed by atoms with van der Waals surface area (Å²) in [5, 5.41) is 12.7. The molecule has 0 spiro atoms. The molecule has 0 aliphatic carbocycles. The van der Waals surface area contributed by atoms with E-state index in [1.807, 2.05) is 60.7 Å². The van der Waals surface area contributed by atoms with Gasteiger partial charge in [0.2, 0.25) is 11.8 Å². The number of rotatable bonds is 1. The molecule has 1 aromatic heterocycles. The van der Waals surface area contributed by atoms with Crippen molar-refractivity contribution in [2.24, 2.45) is 5.41 Å². The van der Waals surface area contributed by atoms with Crippen molar-refractivity contribution in [3.63, 3.8) is 0 Å². The van der Waals surface area contributed by atoms with E-state index in [0.717, 1.165) is 11.1 Å². The molecule has 2 N–H and O–H groups in total. The topological polar surface area (TPSA) is 131 Å². The van der Waals surface area contributed by atoms with Gasteiger partial charge in [-0.2, -0.15) is 0 Å². The number of fused-ring (bicyclic) bond motifs is 7. The van der Waals surface area contributed by atoms with Crippen LogP contribution in [0.5, 0.6) is 5.88 Å². The first-order valence-corrected chi connectivity index (χ1v) is 13.3. The van der Waals surface area contributed by atoms with Crippen LogP contribution < -0.4 is 10.1 Å². The number of carboxylic acids is 1. The van der Waals surface area contributed by atoms with Crippen LogP contribution in [0.1, 0.15) is 39.2 Å². The molecule has 2 aliphatic rings. The molecule has 0 unspecified atom stereocenters. The van der Waals surface area contributed by atoms with Gasteiger partial charge in [-0.25, -0.2) is 19.6 Å². The second-order valence-corrected chi connectivity index (χ2v) is 11.1. The van der Waals surface area contributed by atoms with E-state index in [-0.39, 0.29) is 25.5 Å². The Hall–Kier alpha value is -4.47. The molecule has 10 heteroatoms. The van der Waals surface area contributed by atoms with E-state index >= 15 is 0 Å². The number of nitrogens with one attached hydrogen (secondary N) is 1. The fourth-order valence-electron chi connectivity index (χ4n) is 4.98. The Labute approximate surface area is 232 Å².